The minimum absolute atomic E-state index is 0.215. The first kappa shape index (κ1) is 15.5. The summed E-state index contributed by atoms with van der Waals surface area (Å²) in [6.45, 7) is 6.37. The van der Waals surface area contributed by atoms with Crippen LogP contribution in [0.2, 0.25) is 0 Å². The third kappa shape index (κ3) is 4.29. The second kappa shape index (κ2) is 7.21. The van der Waals surface area contributed by atoms with E-state index in [0.717, 1.165) is 0 Å². The Hall–Kier alpha value is -1.89. The number of rotatable bonds is 6. The number of carbonyl (C=O) groups excluding carboxylic acids is 1. The molecule has 2 atom stereocenters. The molecule has 0 spiro atoms. The van der Waals surface area contributed by atoms with Crippen molar-refractivity contribution >= 4 is 17.4 Å². The van der Waals surface area contributed by atoms with Gasteiger partial charge >= 0.3 is 6.03 Å². The topological polar surface area (TPSA) is 80.0 Å². The maximum atomic E-state index is 12.0. The SMILES string of the molecule is CCC(NC(=O)NCC(C)c1cccs1)c1noc(C)n1. The van der Waals surface area contributed by atoms with Crippen LogP contribution in [0.3, 0.4) is 0 Å². The number of hydrogen-bond donors (Lipinski definition) is 2. The molecule has 2 N–H and O–H groups in total. The molecule has 0 bridgehead atoms. The summed E-state index contributed by atoms with van der Waals surface area (Å²) in [5, 5.41) is 11.6. The first-order chi connectivity index (χ1) is 10.1. The molecule has 2 rings (SSSR count). The van der Waals surface area contributed by atoms with E-state index in [9.17, 15) is 4.79 Å². The summed E-state index contributed by atoms with van der Waals surface area (Å²) in [6.07, 6.45) is 0.701. The molecule has 114 valence electrons. The van der Waals surface area contributed by atoms with Crippen molar-refractivity contribution in [2.75, 3.05) is 6.54 Å². The molecule has 0 aliphatic carbocycles. The van der Waals surface area contributed by atoms with Crippen LogP contribution in [0, 0.1) is 6.92 Å². The minimum atomic E-state index is -0.237. The van der Waals surface area contributed by atoms with Crippen LogP contribution in [0.15, 0.2) is 22.0 Å². The van der Waals surface area contributed by atoms with Crippen LogP contribution in [-0.2, 0) is 0 Å². The number of carbonyl (C=O) groups is 1. The van der Waals surface area contributed by atoms with Gasteiger partial charge in [-0.1, -0.05) is 25.1 Å². The Bertz CT molecular complexity index is 567. The van der Waals surface area contributed by atoms with Gasteiger partial charge in [-0.25, -0.2) is 4.79 Å². The lowest BCUT2D eigenvalue weighted by atomic mass is 10.1. The molecule has 6 nitrogen and oxygen atoms in total. The molecule has 0 aromatic carbocycles. The van der Waals surface area contributed by atoms with Crippen molar-refractivity contribution in [3.63, 3.8) is 0 Å². The maximum Gasteiger partial charge on any atom is 0.315 e. The van der Waals surface area contributed by atoms with Crippen molar-refractivity contribution in [2.24, 2.45) is 0 Å². The van der Waals surface area contributed by atoms with E-state index in [-0.39, 0.29) is 12.1 Å². The molecule has 2 heterocycles. The van der Waals surface area contributed by atoms with Crippen LogP contribution in [0.1, 0.15) is 48.8 Å². The molecule has 7 heteroatoms. The van der Waals surface area contributed by atoms with Crippen LogP contribution < -0.4 is 10.6 Å². The molecule has 2 aromatic heterocycles. The Kier molecular flexibility index (Phi) is 5.32. The summed E-state index contributed by atoms with van der Waals surface area (Å²) < 4.78 is 4.94. The zero-order valence-electron chi connectivity index (χ0n) is 12.4. The van der Waals surface area contributed by atoms with Gasteiger partial charge < -0.3 is 15.2 Å². The highest BCUT2D eigenvalue weighted by atomic mass is 32.1. The highest BCUT2D eigenvalue weighted by Gasteiger charge is 2.18. The number of amides is 2. The first-order valence-electron chi connectivity index (χ1n) is 6.98. The lowest BCUT2D eigenvalue weighted by Gasteiger charge is -2.16. The molecule has 0 saturated carbocycles. The van der Waals surface area contributed by atoms with Crippen LogP contribution >= 0.6 is 11.3 Å². The Balaban J connectivity index is 1.83. The summed E-state index contributed by atoms with van der Waals surface area (Å²) >= 11 is 1.70. The van der Waals surface area contributed by atoms with E-state index in [2.05, 4.69) is 33.8 Å². The van der Waals surface area contributed by atoms with Gasteiger partial charge in [-0.3, -0.25) is 0 Å². The highest BCUT2D eigenvalue weighted by molar-refractivity contribution is 7.10. The van der Waals surface area contributed by atoms with Crippen LogP contribution in [0.25, 0.3) is 0 Å². The third-order valence-corrected chi connectivity index (χ3v) is 4.27. The van der Waals surface area contributed by atoms with Gasteiger partial charge in [0.1, 0.15) is 0 Å². The zero-order valence-corrected chi connectivity index (χ0v) is 13.2. The van der Waals surface area contributed by atoms with Crippen molar-refractivity contribution in [3.8, 4) is 0 Å². The van der Waals surface area contributed by atoms with Gasteiger partial charge in [0.25, 0.3) is 0 Å². The molecule has 2 unspecified atom stereocenters. The number of urea groups is 1. The van der Waals surface area contributed by atoms with Crippen molar-refractivity contribution < 1.29 is 9.32 Å². The van der Waals surface area contributed by atoms with E-state index in [0.29, 0.717) is 30.6 Å². The fourth-order valence-corrected chi connectivity index (χ4v) is 2.72. The predicted molar refractivity (Wildman–Crippen MR) is 81.3 cm³/mol. The van der Waals surface area contributed by atoms with E-state index in [1.165, 1.54) is 4.88 Å². The highest BCUT2D eigenvalue weighted by Crippen LogP contribution is 2.19. The van der Waals surface area contributed by atoms with Gasteiger partial charge in [-0.2, -0.15) is 4.98 Å². The number of nitrogens with zero attached hydrogens (tertiary/aromatic N) is 2. The number of thiophene rings is 1. The van der Waals surface area contributed by atoms with E-state index in [4.69, 9.17) is 4.52 Å². The van der Waals surface area contributed by atoms with E-state index >= 15 is 0 Å². The van der Waals surface area contributed by atoms with Crippen LogP contribution in [0.4, 0.5) is 4.79 Å². The normalized spacial score (nSPS) is 13.7. The molecule has 0 radical (unpaired) electrons. The van der Waals surface area contributed by atoms with Gasteiger partial charge in [0.2, 0.25) is 5.89 Å². The number of aromatic nitrogens is 2. The largest absolute Gasteiger partial charge is 0.340 e. The number of nitrogens with one attached hydrogen (secondary N) is 2. The molecule has 0 fully saturated rings. The molecule has 2 aromatic rings. The lowest BCUT2D eigenvalue weighted by Crippen LogP contribution is -2.39. The van der Waals surface area contributed by atoms with Gasteiger partial charge in [0, 0.05) is 24.3 Å². The average Bonchev–Trinajstić information content (AvgIpc) is 3.13. The zero-order chi connectivity index (χ0) is 15.2. The minimum Gasteiger partial charge on any atom is -0.340 e. The Morgan fingerprint density at radius 3 is 2.90 bits per heavy atom. The fourth-order valence-electron chi connectivity index (χ4n) is 1.93. The van der Waals surface area contributed by atoms with E-state index in [1.54, 1.807) is 18.3 Å². The Morgan fingerprint density at radius 1 is 1.52 bits per heavy atom. The van der Waals surface area contributed by atoms with E-state index in [1.807, 2.05) is 18.4 Å². The third-order valence-electron chi connectivity index (χ3n) is 3.17. The van der Waals surface area contributed by atoms with Gasteiger partial charge in [-0.05, 0) is 17.9 Å². The molecule has 0 aliphatic heterocycles. The van der Waals surface area contributed by atoms with Crippen molar-refractivity contribution in [2.45, 2.75) is 39.2 Å². The number of aryl methyl sites for hydroxylation is 1. The summed E-state index contributed by atoms with van der Waals surface area (Å²) in [7, 11) is 0. The summed E-state index contributed by atoms with van der Waals surface area (Å²) in [6, 6.07) is 3.64. The second-order valence-corrected chi connectivity index (χ2v) is 5.88. The predicted octanol–water partition coefficient (Wildman–Crippen LogP) is 2.99. The molecule has 0 saturated heterocycles. The standard InChI is InChI=1S/C14H20N4O2S/c1-4-11(13-16-10(3)20-18-13)17-14(19)15-8-9(2)12-6-5-7-21-12/h5-7,9,11H,4,8H2,1-3H3,(H2,15,17,19). The second-order valence-electron chi connectivity index (χ2n) is 4.90. The average molecular weight is 308 g/mol. The summed E-state index contributed by atoms with van der Waals surface area (Å²) in [4.78, 5) is 17.4. The maximum absolute atomic E-state index is 12.0. The van der Waals surface area contributed by atoms with Gasteiger partial charge in [0.15, 0.2) is 5.82 Å². The monoisotopic (exact) mass is 308 g/mol. The first-order valence-corrected chi connectivity index (χ1v) is 7.86. The summed E-state index contributed by atoms with van der Waals surface area (Å²) in [5.74, 6) is 1.30. The molecule has 0 aliphatic rings. The Labute approximate surface area is 127 Å². The van der Waals surface area contributed by atoms with Crippen molar-refractivity contribution in [3.05, 3.63) is 34.1 Å². The summed E-state index contributed by atoms with van der Waals surface area (Å²) in [5.41, 5.74) is 0. The molecular formula is C14H20N4O2S. The lowest BCUT2D eigenvalue weighted by molar-refractivity contribution is 0.235. The Morgan fingerprint density at radius 2 is 2.33 bits per heavy atom. The van der Waals surface area contributed by atoms with Crippen LogP contribution in [-0.4, -0.2) is 22.7 Å². The smallest absolute Gasteiger partial charge is 0.315 e. The molecule has 21 heavy (non-hydrogen) atoms. The fraction of sp³-hybridized carbons (Fsp3) is 0.500. The van der Waals surface area contributed by atoms with E-state index < -0.39 is 0 Å². The van der Waals surface area contributed by atoms with Crippen molar-refractivity contribution in [1.82, 2.24) is 20.8 Å². The molecular weight excluding hydrogens is 288 g/mol. The van der Waals surface area contributed by atoms with Gasteiger partial charge in [-0.15, -0.1) is 11.3 Å². The molecule has 2 amide bonds. The van der Waals surface area contributed by atoms with Crippen LogP contribution in [0.5, 0.6) is 0 Å². The quantitative estimate of drug-likeness (QED) is 0.859. The van der Waals surface area contributed by atoms with Crippen molar-refractivity contribution in [1.29, 1.82) is 0 Å². The van der Waals surface area contributed by atoms with Gasteiger partial charge in [0.05, 0.1) is 6.04 Å². The number of hydrogen-bond acceptors (Lipinski definition) is 5.